The summed E-state index contributed by atoms with van der Waals surface area (Å²) in [5.74, 6) is 0.211. The van der Waals surface area contributed by atoms with Gasteiger partial charge in [-0.15, -0.1) is 0 Å². The molecule has 0 radical (unpaired) electrons. The van der Waals surface area contributed by atoms with Gasteiger partial charge in [0.1, 0.15) is 5.82 Å². The van der Waals surface area contributed by atoms with Gasteiger partial charge in [0.05, 0.1) is 5.56 Å². The van der Waals surface area contributed by atoms with Crippen LogP contribution < -0.4 is 10.9 Å². The number of anilines is 1. The molecule has 3 aromatic heterocycles. The van der Waals surface area contributed by atoms with E-state index in [1.54, 1.807) is 36.8 Å². The summed E-state index contributed by atoms with van der Waals surface area (Å²) >= 11 is 0. The summed E-state index contributed by atoms with van der Waals surface area (Å²) < 4.78 is 38.1. The summed E-state index contributed by atoms with van der Waals surface area (Å²) in [4.78, 5) is 31.4. The van der Waals surface area contributed by atoms with E-state index in [9.17, 15) is 22.8 Å². The van der Waals surface area contributed by atoms with E-state index in [-0.39, 0.29) is 11.5 Å². The number of hydrogen-bond acceptors (Lipinski definition) is 4. The predicted molar refractivity (Wildman–Crippen MR) is 138 cm³/mol. The number of allylic oxidation sites excluding steroid dienone is 3. The van der Waals surface area contributed by atoms with Crippen molar-refractivity contribution in [1.29, 1.82) is 0 Å². The molecule has 36 heavy (non-hydrogen) atoms. The van der Waals surface area contributed by atoms with Crippen molar-refractivity contribution in [3.05, 3.63) is 106 Å². The highest BCUT2D eigenvalue weighted by atomic mass is 19.4. The Labute approximate surface area is 209 Å². The third kappa shape index (κ3) is 9.69. The first-order chi connectivity index (χ1) is 17.0. The predicted octanol–water partition coefficient (Wildman–Crippen LogP) is 6.45. The van der Waals surface area contributed by atoms with E-state index in [0.29, 0.717) is 29.1 Å². The molecule has 3 heterocycles. The molecule has 0 aromatic carbocycles. The van der Waals surface area contributed by atoms with Crippen molar-refractivity contribution in [2.75, 3.05) is 5.32 Å². The third-order valence-electron chi connectivity index (χ3n) is 4.61. The fraction of sp³-hybridized carbons (Fsp3) is 0.259. The molecular weight excluding hydrogens is 469 g/mol. The Morgan fingerprint density at radius 1 is 1.11 bits per heavy atom. The van der Waals surface area contributed by atoms with Gasteiger partial charge in [0.2, 0.25) is 0 Å². The van der Waals surface area contributed by atoms with E-state index in [2.05, 4.69) is 21.9 Å². The number of nitrogens with zero attached hydrogens (tertiary/aromatic N) is 3. The number of aryl methyl sites for hydroxylation is 2. The number of hydrogen-bond donors (Lipinski definition) is 1. The monoisotopic (exact) mass is 500 g/mol. The zero-order valence-electron chi connectivity index (χ0n) is 21.1. The highest BCUT2D eigenvalue weighted by Gasteiger charge is 2.29. The van der Waals surface area contributed by atoms with E-state index in [0.717, 1.165) is 18.6 Å². The first kappa shape index (κ1) is 30.0. The van der Waals surface area contributed by atoms with Crippen molar-refractivity contribution < 1.29 is 18.0 Å². The minimum Gasteiger partial charge on any atom is -0.315 e. The van der Waals surface area contributed by atoms with Crippen molar-refractivity contribution in [3.8, 4) is 0 Å². The van der Waals surface area contributed by atoms with Gasteiger partial charge in [-0.2, -0.15) is 13.2 Å². The summed E-state index contributed by atoms with van der Waals surface area (Å²) in [5, 5.41) is 2.69. The van der Waals surface area contributed by atoms with Crippen LogP contribution in [0.15, 0.2) is 84.2 Å². The SMILES string of the molecule is C=C(/C=C(\C)C(F)(F)F)c1cccnc1.CC.CCn1cc(C(=O)Nc2ccc(C)cn2)ccc1=O. The van der Waals surface area contributed by atoms with Crippen LogP contribution in [0.2, 0.25) is 0 Å². The Morgan fingerprint density at radius 3 is 2.33 bits per heavy atom. The van der Waals surface area contributed by atoms with E-state index in [1.165, 1.54) is 22.9 Å². The molecule has 6 nitrogen and oxygen atoms in total. The van der Waals surface area contributed by atoms with Gasteiger partial charge in [-0.25, -0.2) is 4.98 Å². The molecule has 0 aliphatic rings. The maximum Gasteiger partial charge on any atom is 0.412 e. The quantitative estimate of drug-likeness (QED) is 0.408. The van der Waals surface area contributed by atoms with Crippen LogP contribution in [-0.4, -0.2) is 26.6 Å². The third-order valence-corrected chi connectivity index (χ3v) is 4.61. The highest BCUT2D eigenvalue weighted by molar-refractivity contribution is 6.03. The van der Waals surface area contributed by atoms with Crippen molar-refractivity contribution in [2.24, 2.45) is 0 Å². The first-order valence-electron chi connectivity index (χ1n) is 11.3. The minimum atomic E-state index is -4.30. The van der Waals surface area contributed by atoms with Gasteiger partial charge in [-0.3, -0.25) is 14.6 Å². The Balaban J connectivity index is 0.000000346. The number of carbonyl (C=O) groups is 1. The van der Waals surface area contributed by atoms with Crippen molar-refractivity contribution in [2.45, 2.75) is 47.3 Å². The second-order valence-electron chi connectivity index (χ2n) is 7.31. The number of halogens is 3. The molecule has 0 saturated heterocycles. The standard InChI is InChI=1S/C14H15N3O2.C11H10F3N.C2H6/c1-3-17-9-11(5-7-13(17)18)14(19)16-12-6-4-10(2)8-15-12;1-8(6-9(2)11(12,13)14)10-4-3-5-15-7-10;1-2/h4-9H,3H2,1-2H3,(H,15,16,19);3-7H,1H2,2H3;1-2H3/b;9-6+;. The van der Waals surface area contributed by atoms with Crippen molar-refractivity contribution >= 4 is 17.3 Å². The van der Waals surface area contributed by atoms with Gasteiger partial charge < -0.3 is 9.88 Å². The molecule has 3 aromatic rings. The topological polar surface area (TPSA) is 76.9 Å². The molecule has 0 saturated carbocycles. The van der Waals surface area contributed by atoms with Gasteiger partial charge in [0, 0.05) is 43.0 Å². The smallest absolute Gasteiger partial charge is 0.315 e. The van der Waals surface area contributed by atoms with Crippen LogP contribution in [0.25, 0.3) is 5.57 Å². The van der Waals surface area contributed by atoms with Crippen LogP contribution in [0.1, 0.15) is 49.2 Å². The lowest BCUT2D eigenvalue weighted by atomic mass is 10.1. The largest absolute Gasteiger partial charge is 0.412 e. The van der Waals surface area contributed by atoms with Crippen LogP contribution >= 0.6 is 0 Å². The molecule has 0 atom stereocenters. The maximum absolute atomic E-state index is 12.2. The molecule has 0 bridgehead atoms. The van der Waals surface area contributed by atoms with E-state index in [1.807, 2.05) is 33.8 Å². The molecule has 1 N–H and O–H groups in total. The Bertz CT molecular complexity index is 1220. The fourth-order valence-corrected chi connectivity index (χ4v) is 2.62. The molecule has 0 spiro atoms. The van der Waals surface area contributed by atoms with Crippen molar-refractivity contribution in [1.82, 2.24) is 14.5 Å². The first-order valence-corrected chi connectivity index (χ1v) is 11.3. The number of carbonyl (C=O) groups excluding carboxylic acids is 1. The lowest BCUT2D eigenvalue weighted by molar-refractivity contribution is -0.0912. The fourth-order valence-electron chi connectivity index (χ4n) is 2.62. The lowest BCUT2D eigenvalue weighted by Gasteiger charge is -2.07. The Kier molecular flexibility index (Phi) is 12.0. The number of pyridine rings is 3. The molecule has 0 unspecified atom stereocenters. The summed E-state index contributed by atoms with van der Waals surface area (Å²) in [6, 6.07) is 9.82. The number of aromatic nitrogens is 3. The van der Waals surface area contributed by atoms with Crippen LogP contribution in [0, 0.1) is 6.92 Å². The normalized spacial score (nSPS) is 10.8. The molecule has 0 aliphatic heterocycles. The Hall–Kier alpha value is -4.01. The average Bonchev–Trinajstić information content (AvgIpc) is 2.87. The lowest BCUT2D eigenvalue weighted by Crippen LogP contribution is -2.21. The van der Waals surface area contributed by atoms with Gasteiger partial charge in [0.15, 0.2) is 0 Å². The van der Waals surface area contributed by atoms with Crippen LogP contribution in [-0.2, 0) is 6.54 Å². The van der Waals surface area contributed by atoms with E-state index < -0.39 is 11.7 Å². The summed E-state index contributed by atoms with van der Waals surface area (Å²) in [6.45, 7) is 12.9. The molecule has 9 heteroatoms. The van der Waals surface area contributed by atoms with Crippen LogP contribution in [0.4, 0.5) is 19.0 Å². The van der Waals surface area contributed by atoms with Gasteiger partial charge in [-0.1, -0.05) is 32.6 Å². The maximum atomic E-state index is 12.2. The van der Waals surface area contributed by atoms with Gasteiger partial charge in [-0.05, 0) is 61.7 Å². The molecule has 0 aliphatic carbocycles. The molecule has 192 valence electrons. The number of amides is 1. The molecule has 3 rings (SSSR count). The average molecular weight is 501 g/mol. The second kappa shape index (κ2) is 14.4. The highest BCUT2D eigenvalue weighted by Crippen LogP contribution is 2.27. The van der Waals surface area contributed by atoms with Crippen LogP contribution in [0.5, 0.6) is 0 Å². The Morgan fingerprint density at radius 2 is 1.81 bits per heavy atom. The van der Waals surface area contributed by atoms with Crippen molar-refractivity contribution in [3.63, 3.8) is 0 Å². The zero-order valence-corrected chi connectivity index (χ0v) is 21.1. The van der Waals surface area contributed by atoms with E-state index >= 15 is 0 Å². The summed E-state index contributed by atoms with van der Waals surface area (Å²) in [5.41, 5.74) is 1.56. The number of alkyl halides is 3. The number of rotatable bonds is 5. The number of nitrogens with one attached hydrogen (secondary N) is 1. The second-order valence-corrected chi connectivity index (χ2v) is 7.31. The van der Waals surface area contributed by atoms with Crippen LogP contribution in [0.3, 0.4) is 0 Å². The van der Waals surface area contributed by atoms with Gasteiger partial charge >= 0.3 is 6.18 Å². The zero-order chi connectivity index (χ0) is 27.3. The minimum absolute atomic E-state index is 0.118. The van der Waals surface area contributed by atoms with E-state index in [4.69, 9.17) is 0 Å². The van der Waals surface area contributed by atoms with Gasteiger partial charge in [0.25, 0.3) is 11.5 Å². The molecule has 0 fully saturated rings. The molecule has 1 amide bonds. The summed E-state index contributed by atoms with van der Waals surface area (Å²) in [7, 11) is 0. The molecular formula is C27H31F3N4O2. The summed E-state index contributed by atoms with van der Waals surface area (Å²) in [6.07, 6.45) is 2.97.